The van der Waals surface area contributed by atoms with Crippen molar-refractivity contribution < 1.29 is 9.50 Å². The van der Waals surface area contributed by atoms with Crippen LogP contribution in [0, 0.1) is 5.92 Å². The lowest BCUT2D eigenvalue weighted by molar-refractivity contribution is -0.0323. The molecule has 5 atom stereocenters. The number of hydrogen-bond acceptors (Lipinski definition) is 6. The Labute approximate surface area is 193 Å². The number of alkyl halides is 1. The predicted molar refractivity (Wildman–Crippen MR) is 126 cm³/mol. The summed E-state index contributed by atoms with van der Waals surface area (Å²) in [4.78, 5) is 8.28. The largest absolute Gasteiger partial charge is 0.507 e. The molecule has 2 saturated heterocycles. The molecule has 0 aliphatic carbocycles. The third-order valence-corrected chi connectivity index (χ3v) is 8.07. The van der Waals surface area contributed by atoms with Gasteiger partial charge in [-0.3, -0.25) is 4.90 Å². The molecule has 0 spiro atoms. The van der Waals surface area contributed by atoms with Gasteiger partial charge < -0.3 is 14.6 Å². The number of rotatable bonds is 5. The number of anilines is 1. The molecule has 5 rings (SSSR count). The van der Waals surface area contributed by atoms with Crippen LogP contribution in [0.3, 0.4) is 0 Å². The van der Waals surface area contributed by atoms with E-state index in [0.717, 1.165) is 24.9 Å². The van der Waals surface area contributed by atoms with Crippen molar-refractivity contribution >= 4 is 5.82 Å². The number of hydrogen-bond donors (Lipinski definition) is 1. The molecule has 2 bridgehead atoms. The molecule has 7 nitrogen and oxygen atoms in total. The van der Waals surface area contributed by atoms with Gasteiger partial charge in [0, 0.05) is 37.1 Å². The number of phenols is 1. The van der Waals surface area contributed by atoms with Gasteiger partial charge in [-0.05, 0) is 63.4 Å². The standard InChI is InChI=1S/C25H31FN6O/c1-5-17-20-10-11-25(2,31(20)4)24(26)23(17)30(3)22-9-8-19(28-29-22)18-7-6-16(14-21(18)33)32-13-12-27-15-32/h6-9,12-15,17,20,23-24,33H,5,10-11H2,1-4H3/t17?,20?,23-,24-,25+/m1/s1. The number of halogens is 1. The molecule has 2 aromatic heterocycles. The van der Waals surface area contributed by atoms with E-state index in [0.29, 0.717) is 23.1 Å². The monoisotopic (exact) mass is 450 g/mol. The van der Waals surface area contributed by atoms with Gasteiger partial charge in [-0.15, -0.1) is 10.2 Å². The summed E-state index contributed by atoms with van der Waals surface area (Å²) in [6.07, 6.45) is 7.05. The molecule has 2 aliphatic rings. The van der Waals surface area contributed by atoms with E-state index in [4.69, 9.17) is 0 Å². The first-order chi connectivity index (χ1) is 15.8. The maximum absolute atomic E-state index is 15.9. The summed E-state index contributed by atoms with van der Waals surface area (Å²) in [6, 6.07) is 9.24. The first-order valence-corrected chi connectivity index (χ1v) is 11.6. The van der Waals surface area contributed by atoms with Crippen LogP contribution in [0.25, 0.3) is 16.9 Å². The van der Waals surface area contributed by atoms with Crippen molar-refractivity contribution in [1.82, 2.24) is 24.6 Å². The lowest BCUT2D eigenvalue weighted by Crippen LogP contribution is -2.66. The van der Waals surface area contributed by atoms with Gasteiger partial charge in [0.2, 0.25) is 0 Å². The number of fused-ring (bicyclic) bond motifs is 2. The van der Waals surface area contributed by atoms with Crippen LogP contribution in [0.1, 0.15) is 33.1 Å². The summed E-state index contributed by atoms with van der Waals surface area (Å²) in [7, 11) is 4.00. The summed E-state index contributed by atoms with van der Waals surface area (Å²) in [5, 5.41) is 19.4. The van der Waals surface area contributed by atoms with Crippen LogP contribution in [0.15, 0.2) is 49.1 Å². The lowest BCUT2D eigenvalue weighted by atomic mass is 9.77. The Morgan fingerprint density at radius 2 is 2.06 bits per heavy atom. The minimum Gasteiger partial charge on any atom is -0.507 e. The zero-order chi connectivity index (χ0) is 23.3. The van der Waals surface area contributed by atoms with Gasteiger partial charge >= 0.3 is 0 Å². The van der Waals surface area contributed by atoms with Crippen molar-refractivity contribution in [3.8, 4) is 22.7 Å². The number of piperidine rings is 1. The Balaban J connectivity index is 1.40. The first-order valence-electron chi connectivity index (χ1n) is 11.6. The van der Waals surface area contributed by atoms with Gasteiger partial charge in [-0.25, -0.2) is 9.37 Å². The Hall–Kier alpha value is -3.00. The molecule has 0 saturated carbocycles. The second kappa shape index (κ2) is 8.09. The maximum Gasteiger partial charge on any atom is 0.151 e. The molecule has 2 aliphatic heterocycles. The number of aromatic hydroxyl groups is 1. The molecule has 0 amide bonds. The fraction of sp³-hybridized carbons (Fsp3) is 0.480. The minimum atomic E-state index is -0.975. The summed E-state index contributed by atoms with van der Waals surface area (Å²) in [6.45, 7) is 4.20. The SMILES string of the molecule is CCC1C2CC[C@@](C)([C@H](F)[C@@H]1N(C)c1ccc(-c3ccc(-n4ccnc4)cc3O)nn1)N2C. The van der Waals surface area contributed by atoms with Gasteiger partial charge in [-0.2, -0.15) is 0 Å². The minimum absolute atomic E-state index is 0.117. The van der Waals surface area contributed by atoms with Gasteiger partial charge in [0.05, 0.1) is 29.3 Å². The third-order valence-electron chi connectivity index (χ3n) is 8.07. The van der Waals surface area contributed by atoms with Crippen LogP contribution in [-0.4, -0.2) is 67.6 Å². The Morgan fingerprint density at radius 3 is 2.70 bits per heavy atom. The molecule has 2 unspecified atom stereocenters. The van der Waals surface area contributed by atoms with Gasteiger partial charge in [0.1, 0.15) is 11.9 Å². The van der Waals surface area contributed by atoms with E-state index in [1.807, 2.05) is 47.0 Å². The molecule has 33 heavy (non-hydrogen) atoms. The predicted octanol–water partition coefficient (Wildman–Crippen LogP) is 4.07. The van der Waals surface area contributed by atoms with Gasteiger partial charge in [-0.1, -0.05) is 6.92 Å². The Morgan fingerprint density at radius 1 is 1.24 bits per heavy atom. The molecule has 1 N–H and O–H groups in total. The second-order valence-electron chi connectivity index (χ2n) is 9.60. The van der Waals surface area contributed by atoms with E-state index in [1.54, 1.807) is 18.6 Å². The van der Waals surface area contributed by atoms with Crippen molar-refractivity contribution in [2.24, 2.45) is 5.92 Å². The lowest BCUT2D eigenvalue weighted by Gasteiger charge is -2.53. The summed E-state index contributed by atoms with van der Waals surface area (Å²) >= 11 is 0. The highest BCUT2D eigenvalue weighted by Gasteiger charge is 2.59. The van der Waals surface area contributed by atoms with E-state index >= 15 is 4.39 Å². The van der Waals surface area contributed by atoms with E-state index < -0.39 is 11.7 Å². The zero-order valence-electron chi connectivity index (χ0n) is 19.6. The van der Waals surface area contributed by atoms with E-state index in [-0.39, 0.29) is 17.7 Å². The number of nitrogens with zero attached hydrogens (tertiary/aromatic N) is 6. The van der Waals surface area contributed by atoms with Crippen LogP contribution in [0.4, 0.5) is 10.2 Å². The molecule has 1 aromatic carbocycles. The fourth-order valence-electron chi connectivity index (χ4n) is 5.95. The molecule has 2 fully saturated rings. The summed E-state index contributed by atoms with van der Waals surface area (Å²) in [5.74, 6) is 0.991. The quantitative estimate of drug-likeness (QED) is 0.632. The molecular weight excluding hydrogens is 419 g/mol. The topological polar surface area (TPSA) is 70.3 Å². The van der Waals surface area contributed by atoms with Crippen molar-refractivity contribution in [2.45, 2.75) is 56.9 Å². The highest BCUT2D eigenvalue weighted by molar-refractivity contribution is 5.69. The zero-order valence-corrected chi connectivity index (χ0v) is 19.6. The van der Waals surface area contributed by atoms with Crippen molar-refractivity contribution in [1.29, 1.82) is 0 Å². The van der Waals surface area contributed by atoms with Gasteiger partial charge in [0.15, 0.2) is 5.82 Å². The Bertz CT molecular complexity index is 1120. The number of imidazole rings is 1. The highest BCUT2D eigenvalue weighted by atomic mass is 19.1. The number of phenolic OH excluding ortho intramolecular Hbond substituents is 1. The molecule has 3 aromatic rings. The molecular formula is C25H31FN6O. The van der Waals surface area contributed by atoms with E-state index in [1.165, 1.54) is 0 Å². The highest BCUT2D eigenvalue weighted by Crippen LogP contribution is 2.49. The fourth-order valence-corrected chi connectivity index (χ4v) is 5.95. The van der Waals surface area contributed by atoms with Crippen LogP contribution in [-0.2, 0) is 0 Å². The smallest absolute Gasteiger partial charge is 0.151 e. The molecule has 0 radical (unpaired) electrons. The number of aromatic nitrogens is 4. The van der Waals surface area contributed by atoms with E-state index in [9.17, 15) is 5.11 Å². The summed E-state index contributed by atoms with van der Waals surface area (Å²) in [5.41, 5.74) is 1.54. The molecule has 4 heterocycles. The molecule has 8 heteroatoms. The number of benzene rings is 1. The third kappa shape index (κ3) is 3.39. The average Bonchev–Trinajstić information content (AvgIpc) is 3.44. The Kier molecular flexibility index (Phi) is 5.35. The van der Waals surface area contributed by atoms with Crippen molar-refractivity contribution in [3.63, 3.8) is 0 Å². The first kappa shape index (κ1) is 21.8. The van der Waals surface area contributed by atoms with E-state index in [2.05, 4.69) is 41.0 Å². The summed E-state index contributed by atoms with van der Waals surface area (Å²) < 4.78 is 17.7. The van der Waals surface area contributed by atoms with Crippen LogP contribution in [0.2, 0.25) is 0 Å². The normalized spacial score (nSPS) is 29.4. The van der Waals surface area contributed by atoms with Crippen LogP contribution in [0.5, 0.6) is 5.75 Å². The van der Waals surface area contributed by atoms with Crippen LogP contribution < -0.4 is 4.90 Å². The average molecular weight is 451 g/mol. The van der Waals surface area contributed by atoms with Crippen molar-refractivity contribution in [3.05, 3.63) is 49.1 Å². The van der Waals surface area contributed by atoms with Gasteiger partial charge in [0.25, 0.3) is 0 Å². The maximum atomic E-state index is 15.9. The second-order valence-corrected chi connectivity index (χ2v) is 9.60. The van der Waals surface area contributed by atoms with Crippen molar-refractivity contribution in [2.75, 3.05) is 19.0 Å². The molecule has 174 valence electrons. The van der Waals surface area contributed by atoms with Crippen LogP contribution >= 0.6 is 0 Å².